The average molecular weight is 296 g/mol. The summed E-state index contributed by atoms with van der Waals surface area (Å²) in [6.07, 6.45) is 6.66. The fraction of sp³-hybridized carbons (Fsp3) is 0.692. The topological polar surface area (TPSA) is 75.2 Å². The third-order valence-electron chi connectivity index (χ3n) is 3.94. The van der Waals surface area contributed by atoms with Crippen molar-refractivity contribution < 1.29 is 8.42 Å². The van der Waals surface area contributed by atoms with Crippen LogP contribution in [0.1, 0.15) is 31.4 Å². The normalized spacial score (nSPS) is 21.1. The lowest BCUT2D eigenvalue weighted by atomic mass is 10.1. The van der Waals surface area contributed by atoms with Crippen molar-refractivity contribution in [2.75, 3.05) is 18.0 Å². The van der Waals surface area contributed by atoms with Crippen LogP contribution in [-0.2, 0) is 10.0 Å². The summed E-state index contributed by atoms with van der Waals surface area (Å²) in [6.45, 7) is 3.58. The van der Waals surface area contributed by atoms with Crippen LogP contribution in [0.4, 0.5) is 5.82 Å². The monoisotopic (exact) mass is 296 g/mol. The van der Waals surface area contributed by atoms with Crippen molar-refractivity contribution in [2.45, 2.75) is 43.9 Å². The minimum Gasteiger partial charge on any atom is -0.355 e. The quantitative estimate of drug-likeness (QED) is 0.891. The third-order valence-corrected chi connectivity index (χ3v) is 5.95. The average Bonchev–Trinajstić information content (AvgIpc) is 3.25. The maximum Gasteiger partial charge on any atom is 0.214 e. The Morgan fingerprint density at radius 1 is 1.15 bits per heavy atom. The lowest BCUT2D eigenvalue weighted by Gasteiger charge is -2.33. The first-order valence-corrected chi connectivity index (χ1v) is 8.64. The Hall–Kier alpha value is -1.21. The Kier molecular flexibility index (Phi) is 3.64. The van der Waals surface area contributed by atoms with Gasteiger partial charge in [-0.05, 0) is 32.6 Å². The van der Waals surface area contributed by atoms with Gasteiger partial charge in [0.05, 0.1) is 10.9 Å². The van der Waals surface area contributed by atoms with Gasteiger partial charge in [0.1, 0.15) is 5.82 Å². The molecule has 7 heteroatoms. The largest absolute Gasteiger partial charge is 0.355 e. The highest BCUT2D eigenvalue weighted by molar-refractivity contribution is 7.90. The first-order valence-electron chi connectivity index (χ1n) is 7.10. The number of nitrogens with zero attached hydrogens (tertiary/aromatic N) is 3. The van der Waals surface area contributed by atoms with Crippen LogP contribution in [-0.4, -0.2) is 42.8 Å². The van der Waals surface area contributed by atoms with Crippen LogP contribution in [0.15, 0.2) is 12.4 Å². The molecule has 2 fully saturated rings. The van der Waals surface area contributed by atoms with Crippen molar-refractivity contribution in [3.63, 3.8) is 0 Å². The summed E-state index contributed by atoms with van der Waals surface area (Å²) in [5.41, 5.74) is 0.921. The molecule has 0 bridgehead atoms. The first-order chi connectivity index (χ1) is 9.56. The summed E-state index contributed by atoms with van der Waals surface area (Å²) in [5.74, 6) is 0.913. The maximum absolute atomic E-state index is 11.9. The molecule has 0 aromatic carbocycles. The van der Waals surface area contributed by atoms with E-state index in [9.17, 15) is 8.42 Å². The molecule has 20 heavy (non-hydrogen) atoms. The number of hydrogen-bond donors (Lipinski definition) is 1. The van der Waals surface area contributed by atoms with Gasteiger partial charge >= 0.3 is 0 Å². The summed E-state index contributed by atoms with van der Waals surface area (Å²) in [7, 11) is -3.07. The predicted octanol–water partition coefficient (Wildman–Crippen LogP) is 0.836. The number of sulfonamides is 1. The van der Waals surface area contributed by atoms with Gasteiger partial charge in [-0.15, -0.1) is 0 Å². The third kappa shape index (κ3) is 2.93. The molecular formula is C13H20N4O2S. The second-order valence-electron chi connectivity index (χ2n) is 5.59. The molecule has 110 valence electrons. The van der Waals surface area contributed by atoms with E-state index in [-0.39, 0.29) is 11.3 Å². The molecule has 6 nitrogen and oxygen atoms in total. The molecule has 2 heterocycles. The molecule has 0 atom stereocenters. The molecule has 0 unspecified atom stereocenters. The number of piperidine rings is 1. The number of aromatic nitrogens is 2. The molecule has 2 aliphatic rings. The smallest absolute Gasteiger partial charge is 0.214 e. The first kappa shape index (κ1) is 13.8. The Morgan fingerprint density at radius 3 is 2.40 bits per heavy atom. The highest BCUT2D eigenvalue weighted by Gasteiger charge is 2.37. The minimum absolute atomic E-state index is 0.0637. The predicted molar refractivity (Wildman–Crippen MR) is 77.1 cm³/mol. The Balaban J connectivity index is 1.58. The Labute approximate surface area is 119 Å². The van der Waals surface area contributed by atoms with Crippen molar-refractivity contribution in [1.82, 2.24) is 14.7 Å². The lowest BCUT2D eigenvalue weighted by molar-refractivity contribution is 0.457. The van der Waals surface area contributed by atoms with Crippen LogP contribution in [0, 0.1) is 6.92 Å². The van der Waals surface area contributed by atoms with Crippen LogP contribution >= 0.6 is 0 Å². The van der Waals surface area contributed by atoms with E-state index >= 15 is 0 Å². The zero-order valence-electron chi connectivity index (χ0n) is 11.6. The van der Waals surface area contributed by atoms with E-state index in [2.05, 4.69) is 19.6 Å². The van der Waals surface area contributed by atoms with Crippen LogP contribution in [0.3, 0.4) is 0 Å². The van der Waals surface area contributed by atoms with Crippen molar-refractivity contribution in [3.8, 4) is 0 Å². The summed E-state index contributed by atoms with van der Waals surface area (Å²) in [5, 5.41) is -0.136. The summed E-state index contributed by atoms with van der Waals surface area (Å²) in [4.78, 5) is 10.8. The van der Waals surface area contributed by atoms with Crippen molar-refractivity contribution in [2.24, 2.45) is 0 Å². The molecule has 1 aliphatic heterocycles. The summed E-state index contributed by atoms with van der Waals surface area (Å²) in [6, 6.07) is 0.0637. The van der Waals surface area contributed by atoms with Gasteiger partial charge in [0.15, 0.2) is 0 Å². The number of nitrogens with one attached hydrogen (secondary N) is 1. The van der Waals surface area contributed by atoms with Gasteiger partial charge in [-0.2, -0.15) is 0 Å². The van der Waals surface area contributed by atoms with Crippen molar-refractivity contribution in [3.05, 3.63) is 18.1 Å². The SMILES string of the molecule is Cc1nccnc1N1CCC(NS(=O)(=O)C2CC2)CC1. The van der Waals surface area contributed by atoms with Gasteiger partial charge in [0.2, 0.25) is 10.0 Å². The molecule has 3 rings (SSSR count). The molecule has 1 aromatic rings. The van der Waals surface area contributed by atoms with Crippen molar-refractivity contribution >= 4 is 15.8 Å². The number of aryl methyl sites for hydroxylation is 1. The zero-order valence-corrected chi connectivity index (χ0v) is 12.4. The number of rotatable bonds is 4. The van der Waals surface area contributed by atoms with Gasteiger partial charge in [-0.3, -0.25) is 4.98 Å². The van der Waals surface area contributed by atoms with Gasteiger partial charge in [-0.25, -0.2) is 18.1 Å². The molecule has 1 saturated carbocycles. The minimum atomic E-state index is -3.07. The Morgan fingerprint density at radius 2 is 1.80 bits per heavy atom. The van der Waals surface area contributed by atoms with Crippen LogP contribution in [0.2, 0.25) is 0 Å². The van der Waals surface area contributed by atoms with Gasteiger partial charge in [0, 0.05) is 31.5 Å². The van der Waals surface area contributed by atoms with Gasteiger partial charge in [-0.1, -0.05) is 0 Å². The second kappa shape index (κ2) is 5.29. The molecular weight excluding hydrogens is 276 g/mol. The summed E-state index contributed by atoms with van der Waals surface area (Å²) < 4.78 is 26.7. The van der Waals surface area contributed by atoms with E-state index in [0.717, 1.165) is 50.3 Å². The zero-order chi connectivity index (χ0) is 14.2. The van der Waals surface area contributed by atoms with Crippen molar-refractivity contribution in [1.29, 1.82) is 0 Å². The van der Waals surface area contributed by atoms with E-state index in [1.165, 1.54) is 0 Å². The molecule has 0 radical (unpaired) electrons. The summed E-state index contributed by atoms with van der Waals surface area (Å²) >= 11 is 0. The Bertz CT molecular complexity index is 578. The van der Waals surface area contributed by atoms with E-state index < -0.39 is 10.0 Å². The molecule has 1 aliphatic carbocycles. The van der Waals surface area contributed by atoms with Crippen LogP contribution < -0.4 is 9.62 Å². The molecule has 1 aromatic heterocycles. The number of hydrogen-bond acceptors (Lipinski definition) is 5. The van der Waals surface area contributed by atoms with Gasteiger partial charge in [0.25, 0.3) is 0 Å². The lowest BCUT2D eigenvalue weighted by Crippen LogP contribution is -2.46. The van der Waals surface area contributed by atoms with E-state index in [4.69, 9.17) is 0 Å². The highest BCUT2D eigenvalue weighted by Crippen LogP contribution is 2.28. The van der Waals surface area contributed by atoms with Crippen LogP contribution in [0.25, 0.3) is 0 Å². The van der Waals surface area contributed by atoms with E-state index in [1.54, 1.807) is 12.4 Å². The fourth-order valence-corrected chi connectivity index (χ4v) is 4.28. The standard InChI is InChI=1S/C13H20N4O2S/c1-10-13(15-7-6-14-10)17-8-4-11(5-9-17)16-20(18,19)12-2-3-12/h6-7,11-12,16H,2-5,8-9H2,1H3. The van der Waals surface area contributed by atoms with Crippen LogP contribution in [0.5, 0.6) is 0 Å². The number of anilines is 1. The second-order valence-corrected chi connectivity index (χ2v) is 7.58. The van der Waals surface area contributed by atoms with Gasteiger partial charge < -0.3 is 4.90 Å². The molecule has 1 saturated heterocycles. The molecule has 1 N–H and O–H groups in total. The van der Waals surface area contributed by atoms with E-state index in [1.807, 2.05) is 6.92 Å². The molecule has 0 spiro atoms. The highest BCUT2D eigenvalue weighted by atomic mass is 32.2. The fourth-order valence-electron chi connectivity index (χ4n) is 2.63. The maximum atomic E-state index is 11.9. The molecule has 0 amide bonds. The van der Waals surface area contributed by atoms with E-state index in [0.29, 0.717) is 0 Å².